The van der Waals surface area contributed by atoms with Gasteiger partial charge in [0.15, 0.2) is 0 Å². The van der Waals surface area contributed by atoms with Crippen LogP contribution in [0, 0.1) is 0 Å². The second-order valence-corrected chi connectivity index (χ2v) is 6.36. The van der Waals surface area contributed by atoms with Crippen molar-refractivity contribution in [2.45, 2.75) is 25.6 Å². The van der Waals surface area contributed by atoms with Gasteiger partial charge < -0.3 is 15.2 Å². The number of amides is 2. The van der Waals surface area contributed by atoms with Gasteiger partial charge in [0.05, 0.1) is 19.0 Å². The lowest BCUT2D eigenvalue weighted by Gasteiger charge is -2.34. The van der Waals surface area contributed by atoms with Crippen LogP contribution in [0.25, 0.3) is 0 Å². The van der Waals surface area contributed by atoms with Crippen LogP contribution >= 0.6 is 11.3 Å². The quantitative estimate of drug-likeness (QED) is 0.814. The van der Waals surface area contributed by atoms with Gasteiger partial charge in [-0.25, -0.2) is 0 Å². The minimum atomic E-state index is -0.442. The van der Waals surface area contributed by atoms with E-state index in [0.29, 0.717) is 25.3 Å². The van der Waals surface area contributed by atoms with Crippen LogP contribution in [0.1, 0.15) is 17.0 Å². The number of piperazine rings is 1. The van der Waals surface area contributed by atoms with Crippen LogP contribution in [0.15, 0.2) is 34.4 Å². The first-order chi connectivity index (χ1) is 11.2. The van der Waals surface area contributed by atoms with E-state index in [1.807, 2.05) is 17.5 Å². The molecule has 2 aromatic rings. The number of hydrogen-bond acceptors (Lipinski definition) is 6. The monoisotopic (exact) mass is 334 g/mol. The summed E-state index contributed by atoms with van der Waals surface area (Å²) in [6.45, 7) is 2.34. The van der Waals surface area contributed by atoms with Crippen molar-refractivity contribution in [1.29, 1.82) is 0 Å². The molecule has 0 bridgehead atoms. The molecule has 0 saturated carbocycles. The third kappa shape index (κ3) is 4.17. The van der Waals surface area contributed by atoms with E-state index in [2.05, 4.69) is 20.7 Å². The summed E-state index contributed by atoms with van der Waals surface area (Å²) in [5, 5.41) is 11.3. The van der Waals surface area contributed by atoms with Crippen molar-refractivity contribution in [1.82, 2.24) is 20.7 Å². The van der Waals surface area contributed by atoms with Gasteiger partial charge in [-0.3, -0.25) is 14.5 Å². The summed E-state index contributed by atoms with van der Waals surface area (Å²) < 4.78 is 4.72. The molecule has 3 heterocycles. The number of hydrogen-bond donors (Lipinski definition) is 2. The Kier molecular flexibility index (Phi) is 5.04. The zero-order chi connectivity index (χ0) is 16.1. The van der Waals surface area contributed by atoms with Crippen molar-refractivity contribution >= 4 is 23.2 Å². The smallest absolute Gasteiger partial charge is 0.237 e. The normalized spacial score (nSPS) is 18.6. The van der Waals surface area contributed by atoms with Crippen molar-refractivity contribution in [3.63, 3.8) is 0 Å². The Labute approximate surface area is 137 Å². The number of aromatic nitrogens is 1. The first-order valence-corrected chi connectivity index (χ1v) is 8.30. The van der Waals surface area contributed by atoms with Crippen LogP contribution in [0.3, 0.4) is 0 Å². The van der Waals surface area contributed by atoms with Crippen LogP contribution in [0.2, 0.25) is 0 Å². The second-order valence-electron chi connectivity index (χ2n) is 5.33. The summed E-state index contributed by atoms with van der Waals surface area (Å²) in [7, 11) is 0. The van der Waals surface area contributed by atoms with E-state index in [9.17, 15) is 9.59 Å². The third-order valence-electron chi connectivity index (χ3n) is 3.72. The Balaban J connectivity index is 1.57. The van der Waals surface area contributed by atoms with Gasteiger partial charge in [-0.2, -0.15) is 0 Å². The van der Waals surface area contributed by atoms with E-state index in [-0.39, 0.29) is 18.2 Å². The Morgan fingerprint density at radius 3 is 3.17 bits per heavy atom. The molecule has 1 atom stereocenters. The number of nitrogens with zero attached hydrogens (tertiary/aromatic N) is 2. The van der Waals surface area contributed by atoms with Crippen molar-refractivity contribution in [3.8, 4) is 0 Å². The molecule has 0 aromatic carbocycles. The molecule has 2 amide bonds. The maximum atomic E-state index is 12.1. The van der Waals surface area contributed by atoms with Crippen LogP contribution in [0.4, 0.5) is 0 Å². The number of carbonyl (C=O) groups excluding carboxylic acids is 2. The molecule has 0 spiro atoms. The Hall–Kier alpha value is -2.19. The summed E-state index contributed by atoms with van der Waals surface area (Å²) in [4.78, 5) is 27.5. The Morgan fingerprint density at radius 2 is 2.43 bits per heavy atom. The van der Waals surface area contributed by atoms with E-state index >= 15 is 0 Å². The van der Waals surface area contributed by atoms with Gasteiger partial charge in [0.25, 0.3) is 0 Å². The highest BCUT2D eigenvalue weighted by atomic mass is 32.1. The van der Waals surface area contributed by atoms with Crippen molar-refractivity contribution in [3.05, 3.63) is 40.4 Å². The Bertz CT molecular complexity index is 642. The van der Waals surface area contributed by atoms with Crippen LogP contribution in [0.5, 0.6) is 0 Å². The topological polar surface area (TPSA) is 87.5 Å². The predicted molar refractivity (Wildman–Crippen MR) is 84.5 cm³/mol. The summed E-state index contributed by atoms with van der Waals surface area (Å²) in [6, 6.07) is 5.28. The average Bonchev–Trinajstić information content (AvgIpc) is 3.22. The predicted octanol–water partition coefficient (Wildman–Crippen LogP) is 0.743. The highest BCUT2D eigenvalue weighted by molar-refractivity contribution is 7.09. The van der Waals surface area contributed by atoms with Crippen LogP contribution < -0.4 is 10.6 Å². The molecule has 0 radical (unpaired) electrons. The molecule has 1 saturated heterocycles. The first-order valence-electron chi connectivity index (χ1n) is 7.42. The van der Waals surface area contributed by atoms with Gasteiger partial charge in [0.2, 0.25) is 11.8 Å². The molecule has 1 aliphatic heterocycles. The number of carbonyl (C=O) groups is 2. The van der Waals surface area contributed by atoms with Crippen molar-refractivity contribution in [2.24, 2.45) is 0 Å². The molecule has 0 unspecified atom stereocenters. The zero-order valence-electron chi connectivity index (χ0n) is 12.5. The number of rotatable bonds is 6. The number of thiophene rings is 1. The molecule has 122 valence electrons. The van der Waals surface area contributed by atoms with Crippen LogP contribution in [-0.2, 0) is 22.7 Å². The lowest BCUT2D eigenvalue weighted by Crippen LogP contribution is -2.56. The summed E-state index contributed by atoms with van der Waals surface area (Å²) in [5.74, 6) is -0.268. The van der Waals surface area contributed by atoms with Gasteiger partial charge in [0.1, 0.15) is 12.0 Å². The molecule has 1 fully saturated rings. The highest BCUT2D eigenvalue weighted by Crippen LogP contribution is 2.17. The van der Waals surface area contributed by atoms with E-state index in [0.717, 1.165) is 6.54 Å². The standard InChI is InChI=1S/C15H18N4O3S/c20-14(17-9-11-3-6-22-18-11)8-13-15(21)16-4-5-19(13)10-12-2-1-7-23-12/h1-3,6-7,13H,4-5,8-10H2,(H,16,21)(H,17,20)/t13-/m1/s1. The van der Waals surface area contributed by atoms with Gasteiger partial charge in [-0.15, -0.1) is 11.3 Å². The van der Waals surface area contributed by atoms with E-state index in [1.54, 1.807) is 17.4 Å². The lowest BCUT2D eigenvalue weighted by molar-refractivity contribution is -0.134. The fourth-order valence-electron chi connectivity index (χ4n) is 2.54. The molecule has 7 nitrogen and oxygen atoms in total. The zero-order valence-corrected chi connectivity index (χ0v) is 13.3. The van der Waals surface area contributed by atoms with Gasteiger partial charge >= 0.3 is 0 Å². The first kappa shape index (κ1) is 15.7. The van der Waals surface area contributed by atoms with E-state index < -0.39 is 6.04 Å². The second kappa shape index (κ2) is 7.38. The molecular weight excluding hydrogens is 316 g/mol. The maximum absolute atomic E-state index is 12.1. The molecule has 2 N–H and O–H groups in total. The van der Waals surface area contributed by atoms with E-state index in [1.165, 1.54) is 11.1 Å². The van der Waals surface area contributed by atoms with Gasteiger partial charge in [-0.05, 0) is 11.4 Å². The Morgan fingerprint density at radius 1 is 1.52 bits per heavy atom. The number of nitrogens with one attached hydrogen (secondary N) is 2. The fraction of sp³-hybridized carbons (Fsp3) is 0.400. The maximum Gasteiger partial charge on any atom is 0.237 e. The third-order valence-corrected chi connectivity index (χ3v) is 4.58. The van der Waals surface area contributed by atoms with Crippen molar-refractivity contribution < 1.29 is 14.1 Å². The fourth-order valence-corrected chi connectivity index (χ4v) is 3.27. The SMILES string of the molecule is O=C(C[C@@H]1C(=O)NCCN1Cc1cccs1)NCc1ccon1. The average molecular weight is 334 g/mol. The van der Waals surface area contributed by atoms with Crippen molar-refractivity contribution in [2.75, 3.05) is 13.1 Å². The van der Waals surface area contributed by atoms with E-state index in [4.69, 9.17) is 4.52 Å². The minimum Gasteiger partial charge on any atom is -0.364 e. The minimum absolute atomic E-state index is 0.0932. The summed E-state index contributed by atoms with van der Waals surface area (Å²) in [5.41, 5.74) is 0.655. The molecule has 0 aliphatic carbocycles. The van der Waals surface area contributed by atoms with Gasteiger partial charge in [-0.1, -0.05) is 11.2 Å². The molecule has 3 rings (SSSR count). The summed E-state index contributed by atoms with van der Waals surface area (Å²) >= 11 is 1.65. The molecule has 1 aliphatic rings. The molecule has 8 heteroatoms. The molecule has 2 aromatic heterocycles. The largest absolute Gasteiger partial charge is 0.364 e. The molecule has 23 heavy (non-hydrogen) atoms. The van der Waals surface area contributed by atoms with Gasteiger partial charge in [0, 0.05) is 30.6 Å². The molecular formula is C15H18N4O3S. The summed E-state index contributed by atoms with van der Waals surface area (Å²) in [6.07, 6.45) is 1.59. The van der Waals surface area contributed by atoms with Crippen LogP contribution in [-0.4, -0.2) is 41.0 Å². The lowest BCUT2D eigenvalue weighted by atomic mass is 10.1. The highest BCUT2D eigenvalue weighted by Gasteiger charge is 2.31.